The number of halogens is 1. The van der Waals surface area contributed by atoms with E-state index in [1.807, 2.05) is 12.1 Å². The van der Waals surface area contributed by atoms with E-state index >= 15 is 0 Å². The van der Waals surface area contributed by atoms with Crippen molar-refractivity contribution in [3.63, 3.8) is 0 Å². The van der Waals surface area contributed by atoms with E-state index in [1.54, 1.807) is 17.8 Å². The third-order valence-electron chi connectivity index (χ3n) is 6.40. The summed E-state index contributed by atoms with van der Waals surface area (Å²) < 4.78 is 4.55. The average Bonchev–Trinajstić information content (AvgIpc) is 3.23. The van der Waals surface area contributed by atoms with Crippen LogP contribution >= 0.6 is 15.9 Å². The standard InChI is InChI=1S/C24H26BrN5O/c1-3-29-11-9-18-17(6-4-7-19(18)29)16-28-12-14-30(15-13-28)23-21(25)24(31)27(2)20-8-5-10-26-22(20)23/h4-11H,3,12-16H2,1-2H3. The molecular formula is C24H26BrN5O. The van der Waals surface area contributed by atoms with Gasteiger partial charge in [-0.25, -0.2) is 0 Å². The number of anilines is 1. The molecule has 31 heavy (non-hydrogen) atoms. The van der Waals surface area contributed by atoms with Gasteiger partial charge in [0.05, 0.1) is 11.2 Å². The summed E-state index contributed by atoms with van der Waals surface area (Å²) in [5, 5.41) is 1.34. The lowest BCUT2D eigenvalue weighted by molar-refractivity contribution is 0.251. The molecule has 4 aromatic rings. The van der Waals surface area contributed by atoms with Gasteiger partial charge in [0.2, 0.25) is 0 Å². The number of hydrogen-bond donors (Lipinski definition) is 0. The van der Waals surface area contributed by atoms with Crippen LogP contribution in [0.5, 0.6) is 0 Å². The van der Waals surface area contributed by atoms with Crippen LogP contribution in [0.4, 0.5) is 5.69 Å². The Morgan fingerprint density at radius 3 is 2.58 bits per heavy atom. The van der Waals surface area contributed by atoms with Gasteiger partial charge in [-0.05, 0) is 52.7 Å². The Hall–Kier alpha value is -2.64. The summed E-state index contributed by atoms with van der Waals surface area (Å²) in [6.45, 7) is 7.72. The molecule has 1 fully saturated rings. The van der Waals surface area contributed by atoms with Gasteiger partial charge in [0.25, 0.3) is 5.56 Å². The largest absolute Gasteiger partial charge is 0.366 e. The van der Waals surface area contributed by atoms with Crippen molar-refractivity contribution in [2.75, 3.05) is 31.1 Å². The number of benzene rings is 1. The van der Waals surface area contributed by atoms with Crippen LogP contribution in [-0.4, -0.2) is 45.2 Å². The van der Waals surface area contributed by atoms with Gasteiger partial charge in [-0.15, -0.1) is 0 Å². The minimum Gasteiger partial charge on any atom is -0.366 e. The summed E-state index contributed by atoms with van der Waals surface area (Å²) >= 11 is 3.56. The van der Waals surface area contributed by atoms with Crippen molar-refractivity contribution in [3.05, 3.63) is 69.2 Å². The molecule has 0 unspecified atom stereocenters. The van der Waals surface area contributed by atoms with Crippen molar-refractivity contribution >= 4 is 43.6 Å². The smallest absolute Gasteiger partial charge is 0.267 e. The molecule has 0 amide bonds. The Balaban J connectivity index is 1.39. The highest BCUT2D eigenvalue weighted by Crippen LogP contribution is 2.31. The van der Waals surface area contributed by atoms with Crippen molar-refractivity contribution < 1.29 is 0 Å². The Bertz CT molecular complexity index is 1320. The van der Waals surface area contributed by atoms with E-state index in [-0.39, 0.29) is 5.56 Å². The van der Waals surface area contributed by atoms with Crippen molar-refractivity contribution in [2.45, 2.75) is 20.0 Å². The zero-order valence-electron chi connectivity index (χ0n) is 17.9. The highest BCUT2D eigenvalue weighted by molar-refractivity contribution is 9.10. The fraction of sp³-hybridized carbons (Fsp3) is 0.333. The molecule has 0 atom stereocenters. The quantitative estimate of drug-likeness (QED) is 0.443. The van der Waals surface area contributed by atoms with Crippen LogP contribution in [0.2, 0.25) is 0 Å². The zero-order valence-corrected chi connectivity index (χ0v) is 19.5. The summed E-state index contributed by atoms with van der Waals surface area (Å²) in [4.78, 5) is 22.2. The molecule has 1 aromatic carbocycles. The molecule has 0 N–H and O–H groups in total. The Labute approximate surface area is 189 Å². The Morgan fingerprint density at radius 2 is 1.81 bits per heavy atom. The minimum atomic E-state index is -0.0231. The van der Waals surface area contributed by atoms with Gasteiger partial charge >= 0.3 is 0 Å². The number of aromatic nitrogens is 3. The molecule has 0 radical (unpaired) electrons. The fourth-order valence-corrected chi connectivity index (χ4v) is 5.38. The van der Waals surface area contributed by atoms with Gasteiger partial charge in [0.15, 0.2) is 0 Å². The number of rotatable bonds is 4. The maximum atomic E-state index is 12.8. The predicted molar refractivity (Wildman–Crippen MR) is 130 cm³/mol. The molecule has 3 aromatic heterocycles. The van der Waals surface area contributed by atoms with Gasteiger partial charge in [-0.1, -0.05) is 12.1 Å². The van der Waals surface area contributed by atoms with Crippen LogP contribution in [-0.2, 0) is 20.1 Å². The molecule has 1 aliphatic rings. The van der Waals surface area contributed by atoms with Gasteiger partial charge in [0.1, 0.15) is 9.99 Å². The van der Waals surface area contributed by atoms with Crippen LogP contribution in [0.1, 0.15) is 12.5 Å². The van der Waals surface area contributed by atoms with Crippen molar-refractivity contribution in [1.82, 2.24) is 19.0 Å². The molecule has 1 aliphatic heterocycles. The number of piperazine rings is 1. The minimum absolute atomic E-state index is 0.0231. The van der Waals surface area contributed by atoms with Gasteiger partial charge in [-0.3, -0.25) is 14.7 Å². The fourth-order valence-electron chi connectivity index (χ4n) is 4.67. The first kappa shape index (κ1) is 20.3. The number of fused-ring (bicyclic) bond motifs is 2. The van der Waals surface area contributed by atoms with Crippen LogP contribution in [0, 0.1) is 0 Å². The molecule has 7 heteroatoms. The lowest BCUT2D eigenvalue weighted by Gasteiger charge is -2.37. The lowest BCUT2D eigenvalue weighted by Crippen LogP contribution is -2.46. The second-order valence-electron chi connectivity index (χ2n) is 8.11. The number of aryl methyl sites for hydroxylation is 2. The SMILES string of the molecule is CCn1ccc2c(CN3CCN(c4c(Br)c(=O)n(C)c5cccnc45)CC3)cccc21. The zero-order chi connectivity index (χ0) is 21.5. The summed E-state index contributed by atoms with van der Waals surface area (Å²) in [6, 6.07) is 12.7. The summed E-state index contributed by atoms with van der Waals surface area (Å²) in [5.74, 6) is 0. The molecule has 6 nitrogen and oxygen atoms in total. The molecule has 0 saturated carbocycles. The highest BCUT2D eigenvalue weighted by atomic mass is 79.9. The van der Waals surface area contributed by atoms with Crippen molar-refractivity contribution in [3.8, 4) is 0 Å². The van der Waals surface area contributed by atoms with Gasteiger partial charge in [-0.2, -0.15) is 0 Å². The van der Waals surface area contributed by atoms with E-state index in [9.17, 15) is 4.79 Å². The average molecular weight is 480 g/mol. The van der Waals surface area contributed by atoms with E-state index in [1.165, 1.54) is 16.5 Å². The molecule has 0 bridgehead atoms. The van der Waals surface area contributed by atoms with Crippen LogP contribution < -0.4 is 10.5 Å². The first-order valence-corrected chi connectivity index (χ1v) is 11.5. The normalized spacial score (nSPS) is 15.3. The van der Waals surface area contributed by atoms with Crippen LogP contribution in [0.3, 0.4) is 0 Å². The van der Waals surface area contributed by atoms with Crippen LogP contribution in [0.25, 0.3) is 21.9 Å². The summed E-state index contributed by atoms with van der Waals surface area (Å²) in [5.41, 5.74) is 5.31. The highest BCUT2D eigenvalue weighted by Gasteiger charge is 2.24. The molecular weight excluding hydrogens is 454 g/mol. The third-order valence-corrected chi connectivity index (χ3v) is 7.11. The number of pyridine rings is 2. The van der Waals surface area contributed by atoms with E-state index in [0.29, 0.717) is 4.47 Å². The number of nitrogens with zero attached hydrogens (tertiary/aromatic N) is 5. The van der Waals surface area contributed by atoms with Crippen molar-refractivity contribution in [2.24, 2.45) is 7.05 Å². The number of hydrogen-bond acceptors (Lipinski definition) is 4. The van der Waals surface area contributed by atoms with E-state index < -0.39 is 0 Å². The molecule has 0 aliphatic carbocycles. The molecule has 1 saturated heterocycles. The molecule has 160 valence electrons. The predicted octanol–water partition coefficient (Wildman–Crippen LogP) is 3.99. The maximum Gasteiger partial charge on any atom is 0.267 e. The summed E-state index contributed by atoms with van der Waals surface area (Å²) in [7, 11) is 1.80. The Morgan fingerprint density at radius 1 is 1.03 bits per heavy atom. The first-order valence-electron chi connectivity index (χ1n) is 10.8. The second-order valence-corrected chi connectivity index (χ2v) is 8.91. The van der Waals surface area contributed by atoms with Gasteiger partial charge in [0, 0.05) is 69.6 Å². The molecule has 4 heterocycles. The maximum absolute atomic E-state index is 12.8. The monoisotopic (exact) mass is 479 g/mol. The van der Waals surface area contributed by atoms with E-state index in [0.717, 1.165) is 56.0 Å². The molecule has 0 spiro atoms. The van der Waals surface area contributed by atoms with Crippen LogP contribution in [0.15, 0.2) is 58.1 Å². The van der Waals surface area contributed by atoms with E-state index in [2.05, 4.69) is 72.7 Å². The van der Waals surface area contributed by atoms with Gasteiger partial charge < -0.3 is 14.0 Å². The third kappa shape index (κ3) is 3.46. The summed E-state index contributed by atoms with van der Waals surface area (Å²) in [6.07, 6.45) is 3.97. The van der Waals surface area contributed by atoms with E-state index in [4.69, 9.17) is 0 Å². The lowest BCUT2D eigenvalue weighted by atomic mass is 10.1. The molecule has 5 rings (SSSR count). The second kappa shape index (κ2) is 8.13. The van der Waals surface area contributed by atoms with Crippen molar-refractivity contribution in [1.29, 1.82) is 0 Å². The Kier molecular flexibility index (Phi) is 5.32. The topological polar surface area (TPSA) is 46.3 Å². The first-order chi connectivity index (χ1) is 15.1.